The third kappa shape index (κ3) is 2.73. The summed E-state index contributed by atoms with van der Waals surface area (Å²) in [4.78, 5) is 2.20. The molecule has 0 aliphatic heterocycles. The van der Waals surface area contributed by atoms with E-state index in [1.54, 1.807) is 13.2 Å². The molecule has 2 unspecified atom stereocenters. The van der Waals surface area contributed by atoms with Gasteiger partial charge in [-0.25, -0.2) is 4.39 Å². The number of methoxy groups -OCH3 is 1. The first-order valence-electron chi connectivity index (χ1n) is 7.23. The number of nitrogens with zero attached hydrogens (tertiary/aromatic N) is 1. The monoisotopic (exact) mass is 280 g/mol. The highest BCUT2D eigenvalue weighted by atomic mass is 19.1. The molecule has 112 valence electrons. The zero-order valence-electron chi connectivity index (χ0n) is 12.6. The Morgan fingerprint density at radius 1 is 1.45 bits per heavy atom. The molecule has 0 spiro atoms. The Hall–Kier alpha value is -0.970. The maximum absolute atomic E-state index is 14.0. The van der Waals surface area contributed by atoms with Crippen molar-refractivity contribution < 1.29 is 9.13 Å². The lowest BCUT2D eigenvalue weighted by Gasteiger charge is -2.44. The topological polar surface area (TPSA) is 38.5 Å². The van der Waals surface area contributed by atoms with E-state index >= 15 is 0 Å². The van der Waals surface area contributed by atoms with Crippen LogP contribution in [-0.2, 0) is 4.74 Å². The smallest absolute Gasteiger partial charge is 0.127 e. The average Bonchev–Trinajstić information content (AvgIpc) is 3.29. The molecule has 0 heterocycles. The van der Waals surface area contributed by atoms with Crippen LogP contribution in [0.5, 0.6) is 0 Å². The molecule has 0 bridgehead atoms. The third-order valence-corrected chi connectivity index (χ3v) is 4.72. The van der Waals surface area contributed by atoms with Crippen molar-refractivity contribution >= 4 is 0 Å². The van der Waals surface area contributed by atoms with Gasteiger partial charge in [-0.05, 0) is 38.8 Å². The van der Waals surface area contributed by atoms with Crippen LogP contribution in [0.1, 0.15) is 31.4 Å². The minimum atomic E-state index is -0.198. The van der Waals surface area contributed by atoms with E-state index in [-0.39, 0.29) is 17.4 Å². The van der Waals surface area contributed by atoms with Crippen LogP contribution in [0.3, 0.4) is 0 Å². The Labute approximate surface area is 120 Å². The SMILES string of the molecule is COCC(CN)(C1CC1)N(C)C(C)c1ccccc1F. The molecule has 0 saturated heterocycles. The summed E-state index contributed by atoms with van der Waals surface area (Å²) in [5.74, 6) is 0.387. The molecule has 1 saturated carbocycles. The normalized spacial score (nSPS) is 19.9. The summed E-state index contributed by atoms with van der Waals surface area (Å²) in [5.41, 5.74) is 6.59. The van der Waals surface area contributed by atoms with Gasteiger partial charge in [0, 0.05) is 25.3 Å². The van der Waals surface area contributed by atoms with Crippen LogP contribution in [-0.4, -0.2) is 37.7 Å². The predicted molar refractivity (Wildman–Crippen MR) is 79.0 cm³/mol. The molecule has 0 amide bonds. The number of nitrogens with two attached hydrogens (primary N) is 1. The molecule has 1 aliphatic rings. The number of hydrogen-bond donors (Lipinski definition) is 1. The van der Waals surface area contributed by atoms with E-state index < -0.39 is 0 Å². The first-order chi connectivity index (χ1) is 9.56. The number of likely N-dealkylation sites (N-methyl/N-ethyl adjacent to an activating group) is 1. The van der Waals surface area contributed by atoms with Crippen molar-refractivity contribution in [3.05, 3.63) is 35.6 Å². The molecular weight excluding hydrogens is 255 g/mol. The van der Waals surface area contributed by atoms with Crippen LogP contribution in [0.25, 0.3) is 0 Å². The van der Waals surface area contributed by atoms with Gasteiger partial charge in [-0.3, -0.25) is 4.90 Å². The molecule has 1 aromatic rings. The second-order valence-corrected chi connectivity index (χ2v) is 5.82. The Balaban J connectivity index is 2.27. The van der Waals surface area contributed by atoms with Crippen molar-refractivity contribution in [3.63, 3.8) is 0 Å². The predicted octanol–water partition coefficient (Wildman–Crippen LogP) is 2.57. The first-order valence-corrected chi connectivity index (χ1v) is 7.23. The molecule has 2 rings (SSSR count). The summed E-state index contributed by atoms with van der Waals surface area (Å²) in [6.07, 6.45) is 2.35. The zero-order chi connectivity index (χ0) is 14.8. The van der Waals surface area contributed by atoms with Gasteiger partial charge >= 0.3 is 0 Å². The minimum absolute atomic E-state index is 0.0319. The molecule has 1 aromatic carbocycles. The summed E-state index contributed by atoms with van der Waals surface area (Å²) >= 11 is 0. The molecular formula is C16H25FN2O. The summed E-state index contributed by atoms with van der Waals surface area (Å²) < 4.78 is 19.4. The van der Waals surface area contributed by atoms with Gasteiger partial charge in [0.1, 0.15) is 5.82 Å². The largest absolute Gasteiger partial charge is 0.383 e. The van der Waals surface area contributed by atoms with Gasteiger partial charge in [0.2, 0.25) is 0 Å². The fourth-order valence-corrected chi connectivity index (χ4v) is 3.16. The average molecular weight is 280 g/mol. The highest BCUT2D eigenvalue weighted by Crippen LogP contribution is 2.45. The van der Waals surface area contributed by atoms with Crippen LogP contribution < -0.4 is 5.73 Å². The van der Waals surface area contributed by atoms with Crippen LogP contribution in [0, 0.1) is 11.7 Å². The molecule has 2 atom stereocenters. The van der Waals surface area contributed by atoms with E-state index in [0.29, 0.717) is 24.6 Å². The van der Waals surface area contributed by atoms with Crippen molar-refractivity contribution in [3.8, 4) is 0 Å². The molecule has 2 N–H and O–H groups in total. The second kappa shape index (κ2) is 6.20. The lowest BCUT2D eigenvalue weighted by atomic mass is 9.89. The van der Waals surface area contributed by atoms with E-state index in [4.69, 9.17) is 10.5 Å². The van der Waals surface area contributed by atoms with Gasteiger partial charge in [0.25, 0.3) is 0 Å². The Kier molecular flexibility index (Phi) is 4.78. The number of ether oxygens (including phenoxy) is 1. The summed E-state index contributed by atoms with van der Waals surface area (Å²) in [5, 5.41) is 0. The van der Waals surface area contributed by atoms with E-state index in [9.17, 15) is 4.39 Å². The number of benzene rings is 1. The highest BCUT2D eigenvalue weighted by Gasteiger charge is 2.48. The van der Waals surface area contributed by atoms with Crippen LogP contribution in [0.4, 0.5) is 4.39 Å². The van der Waals surface area contributed by atoms with Crippen molar-refractivity contribution in [1.82, 2.24) is 4.90 Å². The molecule has 3 nitrogen and oxygen atoms in total. The van der Waals surface area contributed by atoms with Gasteiger partial charge in [0.15, 0.2) is 0 Å². The standard InChI is InChI=1S/C16H25FN2O/c1-12(14-6-4-5-7-15(14)17)19(2)16(10-18,11-20-3)13-8-9-13/h4-7,12-13H,8-11,18H2,1-3H3. The minimum Gasteiger partial charge on any atom is -0.383 e. The maximum atomic E-state index is 14.0. The quantitative estimate of drug-likeness (QED) is 0.834. The maximum Gasteiger partial charge on any atom is 0.127 e. The van der Waals surface area contributed by atoms with Gasteiger partial charge < -0.3 is 10.5 Å². The number of halogens is 1. The van der Waals surface area contributed by atoms with E-state index in [1.807, 2.05) is 26.1 Å². The Morgan fingerprint density at radius 2 is 2.10 bits per heavy atom. The van der Waals surface area contributed by atoms with Gasteiger partial charge in [0.05, 0.1) is 12.1 Å². The number of hydrogen-bond acceptors (Lipinski definition) is 3. The zero-order valence-corrected chi connectivity index (χ0v) is 12.6. The van der Waals surface area contributed by atoms with Crippen molar-refractivity contribution in [2.75, 3.05) is 27.3 Å². The molecule has 0 radical (unpaired) electrons. The van der Waals surface area contributed by atoms with Crippen LogP contribution in [0.15, 0.2) is 24.3 Å². The summed E-state index contributed by atoms with van der Waals surface area (Å²) in [6, 6.07) is 6.92. The van der Waals surface area contributed by atoms with Gasteiger partial charge in [-0.1, -0.05) is 18.2 Å². The molecule has 1 fully saturated rings. The molecule has 20 heavy (non-hydrogen) atoms. The van der Waals surface area contributed by atoms with Gasteiger partial charge in [-0.15, -0.1) is 0 Å². The van der Waals surface area contributed by atoms with Crippen molar-refractivity contribution in [2.24, 2.45) is 11.7 Å². The van der Waals surface area contributed by atoms with E-state index in [1.165, 1.54) is 18.9 Å². The molecule has 1 aliphatic carbocycles. The highest BCUT2D eigenvalue weighted by molar-refractivity contribution is 5.22. The second-order valence-electron chi connectivity index (χ2n) is 5.82. The molecule has 4 heteroatoms. The van der Waals surface area contributed by atoms with Gasteiger partial charge in [-0.2, -0.15) is 0 Å². The van der Waals surface area contributed by atoms with Crippen LogP contribution in [0.2, 0.25) is 0 Å². The van der Waals surface area contributed by atoms with Crippen molar-refractivity contribution in [1.29, 1.82) is 0 Å². The first kappa shape index (κ1) is 15.4. The third-order valence-electron chi connectivity index (χ3n) is 4.72. The van der Waals surface area contributed by atoms with Crippen LogP contribution >= 0.6 is 0 Å². The van der Waals surface area contributed by atoms with E-state index in [2.05, 4.69) is 4.90 Å². The molecule has 0 aromatic heterocycles. The Bertz CT molecular complexity index is 450. The lowest BCUT2D eigenvalue weighted by molar-refractivity contribution is -0.00700. The summed E-state index contributed by atoms with van der Waals surface area (Å²) in [7, 11) is 3.73. The fourth-order valence-electron chi connectivity index (χ4n) is 3.16. The summed E-state index contributed by atoms with van der Waals surface area (Å²) in [6.45, 7) is 3.14. The van der Waals surface area contributed by atoms with Crippen molar-refractivity contribution in [2.45, 2.75) is 31.3 Å². The number of rotatable bonds is 7. The fraction of sp³-hybridized carbons (Fsp3) is 0.625. The lowest BCUT2D eigenvalue weighted by Crippen LogP contribution is -2.57. The van der Waals surface area contributed by atoms with E-state index in [0.717, 1.165) is 0 Å². The Morgan fingerprint density at radius 3 is 2.60 bits per heavy atom.